The van der Waals surface area contributed by atoms with E-state index in [1.54, 1.807) is 16.7 Å². The lowest BCUT2D eigenvalue weighted by molar-refractivity contribution is -0.137. The van der Waals surface area contributed by atoms with E-state index in [9.17, 15) is 14.7 Å². The Hall–Kier alpha value is -2.55. The topological polar surface area (TPSA) is 99.9 Å². The predicted octanol–water partition coefficient (Wildman–Crippen LogP) is 6.36. The van der Waals surface area contributed by atoms with Crippen molar-refractivity contribution in [1.82, 2.24) is 9.55 Å². The minimum Gasteiger partial charge on any atom is -0.481 e. The van der Waals surface area contributed by atoms with Gasteiger partial charge >= 0.3 is 5.97 Å². The lowest BCUT2D eigenvalue weighted by Gasteiger charge is -2.17. The molecule has 0 radical (unpaired) electrons. The highest BCUT2D eigenvalue weighted by Crippen LogP contribution is 2.26. The molecule has 1 aliphatic rings. The number of aliphatic carboxylic acids is 1. The first kappa shape index (κ1) is 34.9. The molecule has 0 amide bonds. The van der Waals surface area contributed by atoms with Gasteiger partial charge in [-0.25, -0.2) is 0 Å². The monoisotopic (exact) mass is 598 g/mol. The summed E-state index contributed by atoms with van der Waals surface area (Å²) < 4.78 is 18.4. The number of hydrogen-bond donors (Lipinski definition) is 1. The Labute approximate surface area is 258 Å². The van der Waals surface area contributed by atoms with Crippen LogP contribution in [-0.4, -0.2) is 60.3 Å². The molecule has 0 spiro atoms. The standard InChI is InChI=1S/C35H54N2O6/c1-35(2,3)18-20-41-22-24-43-25-23-42-21-19-37-27-30(15-17-33(37)38)29(26-34(39)40)11-6-4-5-7-12-31-16-14-28-10-8-9-13-32(28)36-31/h14-17,27,29H,4-13,18-26H2,1-3H3,(H,39,40)/t29-/m0/s1. The molecule has 0 fully saturated rings. The van der Waals surface area contributed by atoms with Gasteiger partial charge in [0.1, 0.15) is 0 Å². The smallest absolute Gasteiger partial charge is 0.303 e. The summed E-state index contributed by atoms with van der Waals surface area (Å²) in [4.78, 5) is 29.0. The van der Waals surface area contributed by atoms with Crippen LogP contribution in [0, 0.1) is 5.41 Å². The van der Waals surface area contributed by atoms with Crippen molar-refractivity contribution in [3.05, 3.63) is 63.3 Å². The summed E-state index contributed by atoms with van der Waals surface area (Å²) in [6, 6.07) is 7.78. The van der Waals surface area contributed by atoms with Gasteiger partial charge in [-0.2, -0.15) is 0 Å². The molecule has 1 N–H and O–H groups in total. The number of nitrogens with zero attached hydrogens (tertiary/aromatic N) is 2. The summed E-state index contributed by atoms with van der Waals surface area (Å²) in [7, 11) is 0. The summed E-state index contributed by atoms with van der Waals surface area (Å²) in [5.74, 6) is -0.934. The van der Waals surface area contributed by atoms with Gasteiger partial charge in [0.2, 0.25) is 0 Å². The van der Waals surface area contributed by atoms with E-state index >= 15 is 0 Å². The van der Waals surface area contributed by atoms with Gasteiger partial charge in [-0.1, -0.05) is 52.2 Å². The Morgan fingerprint density at radius 3 is 2.35 bits per heavy atom. The molecule has 2 heterocycles. The third-order valence-corrected chi connectivity index (χ3v) is 8.09. The van der Waals surface area contributed by atoms with Gasteiger partial charge in [-0.15, -0.1) is 0 Å². The van der Waals surface area contributed by atoms with Crippen LogP contribution in [-0.2, 0) is 44.8 Å². The summed E-state index contributed by atoms with van der Waals surface area (Å²) in [6.45, 7) is 10.1. The zero-order chi connectivity index (χ0) is 30.9. The third kappa shape index (κ3) is 14.2. The molecule has 0 aliphatic heterocycles. The molecule has 240 valence electrons. The Morgan fingerprint density at radius 1 is 0.907 bits per heavy atom. The van der Waals surface area contributed by atoms with E-state index < -0.39 is 5.97 Å². The van der Waals surface area contributed by atoms with Crippen molar-refractivity contribution >= 4 is 5.97 Å². The van der Waals surface area contributed by atoms with Crippen LogP contribution >= 0.6 is 0 Å². The van der Waals surface area contributed by atoms with Gasteiger partial charge < -0.3 is 23.9 Å². The largest absolute Gasteiger partial charge is 0.481 e. The molecule has 8 nitrogen and oxygen atoms in total. The number of fused-ring (bicyclic) bond motifs is 1. The molecule has 2 aromatic heterocycles. The molecular formula is C35H54N2O6. The van der Waals surface area contributed by atoms with Gasteiger partial charge in [0.15, 0.2) is 0 Å². The van der Waals surface area contributed by atoms with Crippen LogP contribution in [0.1, 0.15) is 107 Å². The number of carboxylic acid groups (broad SMARTS) is 1. The number of unbranched alkanes of at least 4 members (excludes halogenated alkanes) is 3. The third-order valence-electron chi connectivity index (χ3n) is 8.09. The van der Waals surface area contributed by atoms with E-state index in [-0.39, 0.29) is 23.3 Å². The van der Waals surface area contributed by atoms with Crippen LogP contribution in [0.15, 0.2) is 35.3 Å². The zero-order valence-electron chi connectivity index (χ0n) is 26.8. The maximum absolute atomic E-state index is 12.4. The van der Waals surface area contributed by atoms with Crippen molar-refractivity contribution in [2.75, 3.05) is 39.6 Å². The quantitative estimate of drug-likeness (QED) is 0.167. The van der Waals surface area contributed by atoms with Crippen molar-refractivity contribution in [3.8, 4) is 0 Å². The van der Waals surface area contributed by atoms with E-state index in [1.807, 2.05) is 6.20 Å². The minimum absolute atomic E-state index is 0.0605. The molecule has 0 saturated heterocycles. The fourth-order valence-corrected chi connectivity index (χ4v) is 5.46. The molecule has 8 heteroatoms. The van der Waals surface area contributed by atoms with E-state index in [2.05, 4.69) is 32.9 Å². The Morgan fingerprint density at radius 2 is 1.60 bits per heavy atom. The van der Waals surface area contributed by atoms with E-state index in [0.29, 0.717) is 39.6 Å². The first-order valence-corrected chi connectivity index (χ1v) is 16.3. The lowest BCUT2D eigenvalue weighted by Crippen LogP contribution is -2.23. The maximum Gasteiger partial charge on any atom is 0.303 e. The second kappa shape index (κ2) is 19.0. The molecular weight excluding hydrogens is 544 g/mol. The molecule has 0 saturated carbocycles. The number of hydrogen-bond acceptors (Lipinski definition) is 6. The first-order valence-electron chi connectivity index (χ1n) is 16.3. The van der Waals surface area contributed by atoms with Crippen LogP contribution in [0.4, 0.5) is 0 Å². The molecule has 0 unspecified atom stereocenters. The van der Waals surface area contributed by atoms with Gasteiger partial charge in [0.05, 0.1) is 39.5 Å². The molecule has 43 heavy (non-hydrogen) atoms. The predicted molar refractivity (Wildman–Crippen MR) is 170 cm³/mol. The van der Waals surface area contributed by atoms with E-state index in [0.717, 1.165) is 70.0 Å². The minimum atomic E-state index is -0.816. The number of ether oxygens (including phenoxy) is 3. The van der Waals surface area contributed by atoms with E-state index in [1.165, 1.54) is 29.8 Å². The summed E-state index contributed by atoms with van der Waals surface area (Å²) >= 11 is 0. The van der Waals surface area contributed by atoms with Crippen LogP contribution in [0.3, 0.4) is 0 Å². The highest BCUT2D eigenvalue weighted by molar-refractivity contribution is 5.68. The van der Waals surface area contributed by atoms with Crippen molar-refractivity contribution in [2.24, 2.45) is 5.41 Å². The molecule has 0 aromatic carbocycles. The van der Waals surface area contributed by atoms with Gasteiger partial charge in [0.25, 0.3) is 5.56 Å². The Balaban J connectivity index is 1.33. The summed E-state index contributed by atoms with van der Waals surface area (Å²) in [6.07, 6.45) is 13.7. The highest BCUT2D eigenvalue weighted by atomic mass is 16.5. The van der Waals surface area contributed by atoms with Crippen LogP contribution in [0.2, 0.25) is 0 Å². The molecule has 1 aliphatic carbocycles. The zero-order valence-corrected chi connectivity index (χ0v) is 26.8. The second-order valence-corrected chi connectivity index (χ2v) is 13.0. The molecule has 2 aromatic rings. The second-order valence-electron chi connectivity index (χ2n) is 13.0. The molecule has 3 rings (SSSR count). The molecule has 0 bridgehead atoms. The SMILES string of the molecule is CC(C)(C)CCOCCOCCOCCn1cc([C@@H](CCCCCCc2ccc3c(n2)CCCC3)CC(=O)O)ccc1=O. The highest BCUT2D eigenvalue weighted by Gasteiger charge is 2.17. The summed E-state index contributed by atoms with van der Waals surface area (Å²) in [5.41, 5.74) is 4.97. The number of carbonyl (C=O) groups is 1. The van der Waals surface area contributed by atoms with Crippen LogP contribution in [0.5, 0.6) is 0 Å². The number of rotatable bonds is 21. The van der Waals surface area contributed by atoms with Gasteiger partial charge in [-0.05, 0) is 79.9 Å². The Bertz CT molecular complexity index is 1160. The number of carboxylic acids is 1. The fraction of sp³-hybridized carbons (Fsp3) is 0.686. The van der Waals surface area contributed by atoms with Crippen LogP contribution in [0.25, 0.3) is 0 Å². The van der Waals surface area contributed by atoms with E-state index in [4.69, 9.17) is 19.2 Å². The average Bonchev–Trinajstić information content (AvgIpc) is 2.97. The Kier molecular flexibility index (Phi) is 15.4. The van der Waals surface area contributed by atoms with Crippen molar-refractivity contribution < 1.29 is 24.1 Å². The lowest BCUT2D eigenvalue weighted by atomic mass is 9.91. The van der Waals surface area contributed by atoms with Crippen molar-refractivity contribution in [1.29, 1.82) is 0 Å². The molecule has 1 atom stereocenters. The summed E-state index contributed by atoms with van der Waals surface area (Å²) in [5, 5.41) is 9.54. The number of pyridine rings is 2. The van der Waals surface area contributed by atoms with Crippen molar-refractivity contribution in [2.45, 2.75) is 110 Å². The van der Waals surface area contributed by atoms with Crippen LogP contribution < -0.4 is 5.56 Å². The number of aryl methyl sites for hydroxylation is 3. The van der Waals surface area contributed by atoms with Crippen molar-refractivity contribution in [3.63, 3.8) is 0 Å². The first-order chi connectivity index (χ1) is 20.7. The maximum atomic E-state index is 12.4. The average molecular weight is 599 g/mol. The van der Waals surface area contributed by atoms with Gasteiger partial charge in [0, 0.05) is 36.8 Å². The normalized spacial score (nSPS) is 14.0. The van der Waals surface area contributed by atoms with Gasteiger partial charge in [-0.3, -0.25) is 14.6 Å². The number of aromatic nitrogens is 2. The fourth-order valence-electron chi connectivity index (χ4n) is 5.46.